The summed E-state index contributed by atoms with van der Waals surface area (Å²) < 4.78 is 0. The van der Waals surface area contributed by atoms with Gasteiger partial charge in [0.1, 0.15) is 12.7 Å². The number of hydrogen-bond donors (Lipinski definition) is 3. The molecular formula is C11H15NO6. The van der Waals surface area contributed by atoms with Crippen molar-refractivity contribution in [3.05, 3.63) is 35.4 Å². The summed E-state index contributed by atoms with van der Waals surface area (Å²) in [6.07, 6.45) is -0.140. The molecule has 0 spiro atoms. The lowest BCUT2D eigenvalue weighted by Crippen LogP contribution is -2.18. The van der Waals surface area contributed by atoms with Gasteiger partial charge in [0.25, 0.3) is 0 Å². The van der Waals surface area contributed by atoms with E-state index >= 15 is 0 Å². The van der Waals surface area contributed by atoms with E-state index < -0.39 is 0 Å². The number of likely N-dealkylation sites (N-methyl/N-ethyl adjacent to an activating group) is 1. The lowest BCUT2D eigenvalue weighted by Gasteiger charge is -2.13. The highest BCUT2D eigenvalue weighted by atomic mass is 17.1. The second-order valence-corrected chi connectivity index (χ2v) is 3.25. The van der Waals surface area contributed by atoms with Crippen molar-refractivity contribution in [3.8, 4) is 0 Å². The number of nitrogens with one attached hydrogen (secondary N) is 1. The molecule has 100 valence electrons. The van der Waals surface area contributed by atoms with Crippen LogP contribution in [0.1, 0.15) is 17.2 Å². The van der Waals surface area contributed by atoms with Crippen LogP contribution in [0.5, 0.6) is 0 Å². The lowest BCUT2D eigenvalue weighted by atomic mass is 10.1. The molecule has 7 nitrogen and oxygen atoms in total. The summed E-state index contributed by atoms with van der Waals surface area (Å²) in [4.78, 5) is 24.6. The van der Waals surface area contributed by atoms with Gasteiger partial charge in [-0.2, -0.15) is 9.59 Å². The summed E-state index contributed by atoms with van der Waals surface area (Å²) in [7, 11) is 1.78. The number of benzene rings is 1. The maximum Gasteiger partial charge on any atom is 0.373 e. The molecule has 1 aromatic carbocycles. The lowest BCUT2D eigenvalue weighted by molar-refractivity contribution is -0.280. The van der Waals surface area contributed by atoms with E-state index in [0.29, 0.717) is 6.54 Å². The summed E-state index contributed by atoms with van der Waals surface area (Å²) in [5.74, 6) is 0. The fourth-order valence-corrected chi connectivity index (χ4v) is 1.30. The molecule has 0 saturated heterocycles. The summed E-state index contributed by atoms with van der Waals surface area (Å²) >= 11 is 0. The quantitative estimate of drug-likeness (QED) is 0.512. The van der Waals surface area contributed by atoms with Crippen LogP contribution in [-0.2, 0) is 26.0 Å². The molecular weight excluding hydrogens is 242 g/mol. The molecule has 0 aromatic heterocycles. The zero-order valence-corrected chi connectivity index (χ0v) is 9.83. The molecule has 1 unspecified atom stereocenters. The van der Waals surface area contributed by atoms with Gasteiger partial charge in [-0.3, -0.25) is 10.5 Å². The molecule has 0 fully saturated rings. The Balaban J connectivity index is 0.000000873. The topological polar surface area (TPSA) is 105 Å². The maximum atomic E-state index is 8.68. The van der Waals surface area contributed by atoms with Crippen LogP contribution < -0.4 is 5.32 Å². The van der Waals surface area contributed by atoms with Gasteiger partial charge in [0.15, 0.2) is 0 Å². The van der Waals surface area contributed by atoms with Gasteiger partial charge in [0.2, 0.25) is 0 Å². The highest BCUT2D eigenvalue weighted by Crippen LogP contribution is 2.16. The van der Waals surface area contributed by atoms with E-state index in [-0.39, 0.29) is 18.9 Å². The molecule has 1 rings (SSSR count). The van der Waals surface area contributed by atoms with Gasteiger partial charge >= 0.3 is 6.15 Å². The SMILES string of the molecule is CNCC(OO)c1ccc(COO)cc1.O=C=O. The Labute approximate surface area is 104 Å². The highest BCUT2D eigenvalue weighted by Gasteiger charge is 2.10. The van der Waals surface area contributed by atoms with Crippen LogP contribution in [0.3, 0.4) is 0 Å². The fourth-order valence-electron chi connectivity index (χ4n) is 1.30. The molecule has 0 amide bonds. The van der Waals surface area contributed by atoms with Crippen LogP contribution in [0.25, 0.3) is 0 Å². The largest absolute Gasteiger partial charge is 0.373 e. The van der Waals surface area contributed by atoms with Crippen molar-refractivity contribution in [1.29, 1.82) is 0 Å². The Hall–Kier alpha value is -1.60. The molecule has 3 N–H and O–H groups in total. The molecule has 0 aliphatic carbocycles. The maximum absolute atomic E-state index is 8.68. The molecule has 0 bridgehead atoms. The van der Waals surface area contributed by atoms with Crippen molar-refractivity contribution >= 4 is 6.15 Å². The van der Waals surface area contributed by atoms with Gasteiger partial charge < -0.3 is 5.32 Å². The average molecular weight is 257 g/mol. The number of hydrogen-bond acceptors (Lipinski definition) is 7. The first kappa shape index (κ1) is 16.4. The molecule has 0 aliphatic heterocycles. The molecule has 7 heteroatoms. The van der Waals surface area contributed by atoms with Gasteiger partial charge in [0, 0.05) is 6.54 Å². The molecule has 0 radical (unpaired) electrons. The minimum absolute atomic E-state index is 0.150. The van der Waals surface area contributed by atoms with Crippen LogP contribution >= 0.6 is 0 Å². The van der Waals surface area contributed by atoms with Crippen molar-refractivity contribution in [3.63, 3.8) is 0 Å². The van der Waals surface area contributed by atoms with E-state index in [1.165, 1.54) is 0 Å². The van der Waals surface area contributed by atoms with E-state index in [2.05, 4.69) is 15.1 Å². The zero-order valence-electron chi connectivity index (χ0n) is 9.83. The smallest absolute Gasteiger partial charge is 0.317 e. The average Bonchev–Trinajstić information content (AvgIpc) is 2.38. The minimum Gasteiger partial charge on any atom is -0.317 e. The standard InChI is InChI=1S/C10H15NO4.CO2/c1-11-6-10(15-13)9-4-2-8(3-5-9)7-14-12;2-1-3/h2-5,10-13H,6-7H2,1H3;. The van der Waals surface area contributed by atoms with Crippen molar-refractivity contribution in [2.75, 3.05) is 13.6 Å². The van der Waals surface area contributed by atoms with E-state index in [9.17, 15) is 0 Å². The van der Waals surface area contributed by atoms with Gasteiger partial charge in [-0.15, -0.1) is 0 Å². The van der Waals surface area contributed by atoms with Gasteiger partial charge in [-0.25, -0.2) is 9.78 Å². The molecule has 0 aliphatic rings. The van der Waals surface area contributed by atoms with Crippen molar-refractivity contribution < 1.29 is 29.9 Å². The van der Waals surface area contributed by atoms with Crippen molar-refractivity contribution in [2.45, 2.75) is 12.7 Å². The molecule has 1 atom stereocenters. The van der Waals surface area contributed by atoms with Gasteiger partial charge in [-0.05, 0) is 18.2 Å². The third-order valence-corrected chi connectivity index (χ3v) is 2.10. The molecule has 0 saturated carbocycles. The van der Waals surface area contributed by atoms with Crippen LogP contribution in [0.2, 0.25) is 0 Å². The minimum atomic E-state index is -0.390. The Morgan fingerprint density at radius 2 is 1.83 bits per heavy atom. The third-order valence-electron chi connectivity index (χ3n) is 2.10. The Bertz CT molecular complexity index is 347. The normalized spacial score (nSPS) is 11.1. The van der Waals surface area contributed by atoms with Gasteiger partial charge in [-0.1, -0.05) is 24.3 Å². The Kier molecular flexibility index (Phi) is 9.61. The van der Waals surface area contributed by atoms with Crippen LogP contribution in [-0.4, -0.2) is 30.3 Å². The van der Waals surface area contributed by atoms with E-state index in [0.717, 1.165) is 11.1 Å². The summed E-state index contributed by atoms with van der Waals surface area (Å²) in [5, 5.41) is 19.8. The van der Waals surface area contributed by atoms with Crippen molar-refractivity contribution in [2.24, 2.45) is 0 Å². The fraction of sp³-hybridized carbons (Fsp3) is 0.364. The van der Waals surface area contributed by atoms with E-state index in [4.69, 9.17) is 20.1 Å². The second kappa shape index (κ2) is 10.5. The Morgan fingerprint density at radius 1 is 1.28 bits per heavy atom. The first-order chi connectivity index (χ1) is 8.73. The van der Waals surface area contributed by atoms with Crippen molar-refractivity contribution in [1.82, 2.24) is 5.32 Å². The summed E-state index contributed by atoms with van der Waals surface area (Å²) in [6.45, 7) is 0.670. The Morgan fingerprint density at radius 3 is 2.22 bits per heavy atom. The predicted octanol–water partition coefficient (Wildman–Crippen LogP) is 0.843. The highest BCUT2D eigenvalue weighted by molar-refractivity contribution is 5.24. The zero-order chi connectivity index (χ0) is 13.8. The van der Waals surface area contributed by atoms with E-state index in [1.54, 1.807) is 19.2 Å². The predicted molar refractivity (Wildman–Crippen MR) is 59.2 cm³/mol. The monoisotopic (exact) mass is 257 g/mol. The first-order valence-corrected chi connectivity index (χ1v) is 5.02. The van der Waals surface area contributed by atoms with Crippen LogP contribution in [0.4, 0.5) is 0 Å². The number of rotatable bonds is 6. The summed E-state index contributed by atoms with van der Waals surface area (Å²) in [5.41, 5.74) is 1.70. The van der Waals surface area contributed by atoms with E-state index in [1.807, 2.05) is 12.1 Å². The number of carbonyl (C=O) groups excluding carboxylic acids is 2. The van der Waals surface area contributed by atoms with Crippen LogP contribution in [0.15, 0.2) is 24.3 Å². The van der Waals surface area contributed by atoms with Gasteiger partial charge in [0.05, 0.1) is 0 Å². The molecule has 0 heterocycles. The third kappa shape index (κ3) is 6.21. The molecule has 1 aromatic rings. The molecule has 18 heavy (non-hydrogen) atoms. The first-order valence-electron chi connectivity index (χ1n) is 5.02. The van der Waals surface area contributed by atoms with Crippen LogP contribution in [0, 0.1) is 0 Å². The second-order valence-electron chi connectivity index (χ2n) is 3.25. The summed E-state index contributed by atoms with van der Waals surface area (Å²) in [6, 6.07) is 7.22.